The number of fused-ring (bicyclic) bond motifs is 1. The lowest BCUT2D eigenvalue weighted by atomic mass is 10.0. The number of phenolic OH excluding ortho intramolecular Hbond substituents is 2. The molecule has 0 radical (unpaired) electrons. The Morgan fingerprint density at radius 1 is 0.671 bits per heavy atom. The van der Waals surface area contributed by atoms with Crippen molar-refractivity contribution in [1.29, 1.82) is 0 Å². The highest BCUT2D eigenvalue weighted by Gasteiger charge is 2.34. The Labute approximate surface area is 482 Å². The van der Waals surface area contributed by atoms with Crippen molar-refractivity contribution in [3.8, 4) is 23.8 Å². The third-order valence-electron chi connectivity index (χ3n) is 14.3. The van der Waals surface area contributed by atoms with Crippen LogP contribution in [-0.2, 0) is 43.1 Å². The van der Waals surface area contributed by atoms with Gasteiger partial charge in [-0.1, -0.05) is 72.7 Å². The minimum atomic E-state index is -0.733. The van der Waals surface area contributed by atoms with Gasteiger partial charge < -0.3 is 78.2 Å². The quantitative estimate of drug-likeness (QED) is 0.0304. The van der Waals surface area contributed by atoms with Crippen molar-refractivity contribution >= 4 is 40.6 Å². The summed E-state index contributed by atoms with van der Waals surface area (Å²) < 4.78 is 19.9. The molecular formula is C57H73ClN17O7-. The van der Waals surface area contributed by atoms with Gasteiger partial charge in [0.2, 0.25) is 29.7 Å². The van der Waals surface area contributed by atoms with Gasteiger partial charge in [-0.25, -0.2) is 9.36 Å². The van der Waals surface area contributed by atoms with Crippen LogP contribution in [0.15, 0.2) is 91.3 Å². The van der Waals surface area contributed by atoms with Crippen molar-refractivity contribution in [3.05, 3.63) is 119 Å². The molecule has 2 aliphatic heterocycles. The summed E-state index contributed by atoms with van der Waals surface area (Å²) in [5.41, 5.74) is 18.0. The van der Waals surface area contributed by atoms with E-state index in [1.165, 1.54) is 0 Å². The van der Waals surface area contributed by atoms with E-state index in [0.717, 1.165) is 34.1 Å². The van der Waals surface area contributed by atoms with Gasteiger partial charge in [0.25, 0.3) is 0 Å². The van der Waals surface area contributed by atoms with Gasteiger partial charge in [-0.3, -0.25) is 9.59 Å². The zero-order valence-corrected chi connectivity index (χ0v) is 47.1. The molecule has 8 N–H and O–H groups in total. The maximum atomic E-state index is 14.8. The number of nitrogens with zero attached hydrogens (tertiary/aromatic N) is 13. The Morgan fingerprint density at radius 2 is 1.18 bits per heavy atom. The first kappa shape index (κ1) is 60.2. The normalized spacial score (nSPS) is 15.3. The molecule has 2 fully saturated rings. The van der Waals surface area contributed by atoms with E-state index in [0.29, 0.717) is 146 Å². The fraction of sp³-hybridized carbons (Fsp3) is 0.456. The van der Waals surface area contributed by atoms with E-state index in [1.54, 1.807) is 58.2 Å². The number of aromatic hydroxyl groups is 2. The Hall–Kier alpha value is -7.92. The number of aromatic amines is 1. The summed E-state index contributed by atoms with van der Waals surface area (Å²) in [4.78, 5) is 55.5. The van der Waals surface area contributed by atoms with Crippen LogP contribution in [-0.4, -0.2) is 180 Å². The van der Waals surface area contributed by atoms with Crippen LogP contribution in [0.25, 0.3) is 10.9 Å². The molecule has 4 unspecified atom stereocenters. The predicted octanol–water partition coefficient (Wildman–Crippen LogP) is 0.600. The molecule has 9 rings (SSSR count). The van der Waals surface area contributed by atoms with Crippen molar-refractivity contribution in [2.24, 2.45) is 17.4 Å². The fourth-order valence-electron chi connectivity index (χ4n) is 9.94. The number of ether oxygens (including phenoxy) is 3. The Morgan fingerprint density at radius 3 is 1.73 bits per heavy atom. The molecule has 436 valence electrons. The first-order chi connectivity index (χ1) is 39.4. The summed E-state index contributed by atoms with van der Waals surface area (Å²) in [6.07, 6.45) is 10.6. The lowest BCUT2D eigenvalue weighted by Crippen LogP contribution is -3.00. The number of H-pyrrole nitrogens is 1. The number of piperazine rings is 2. The molecule has 25 heteroatoms. The average Bonchev–Trinajstić information content (AvgIpc) is 4.44. The SMILES string of the molecule is C#CCOCCOCCOCCNc1nc(N2CCN(C(=O)C(Cc3ccc(O)cc3)n3cc(C(N)CC(C)C)nn3)CC2)nc(N2CCN(C(=O)C(Cc3cc4ccccc4[nH]3)n3cc(C(N)Cc4ccc(O)cc4)nn3)CC2)n1.[Cl-]. The second kappa shape index (κ2) is 29.2. The minimum absolute atomic E-state index is 0. The summed E-state index contributed by atoms with van der Waals surface area (Å²) in [7, 11) is 0. The van der Waals surface area contributed by atoms with Gasteiger partial charge in [-0.2, -0.15) is 15.0 Å². The van der Waals surface area contributed by atoms with E-state index in [9.17, 15) is 19.8 Å². The van der Waals surface area contributed by atoms with Crippen molar-refractivity contribution in [3.63, 3.8) is 0 Å². The molecule has 82 heavy (non-hydrogen) atoms. The summed E-state index contributed by atoms with van der Waals surface area (Å²) >= 11 is 0. The smallest absolute Gasteiger partial charge is 0.248 e. The van der Waals surface area contributed by atoms with Gasteiger partial charge in [-0.15, -0.1) is 16.6 Å². The number of para-hydroxylation sites is 1. The number of hydrogen-bond donors (Lipinski definition) is 6. The van der Waals surface area contributed by atoms with E-state index in [2.05, 4.69) is 61.7 Å². The first-order valence-electron chi connectivity index (χ1n) is 27.6. The number of hydrogen-bond acceptors (Lipinski definition) is 19. The van der Waals surface area contributed by atoms with Crippen LogP contribution in [0, 0.1) is 18.3 Å². The van der Waals surface area contributed by atoms with Gasteiger partial charge in [0.1, 0.15) is 30.2 Å². The van der Waals surface area contributed by atoms with Gasteiger partial charge >= 0.3 is 0 Å². The predicted molar refractivity (Wildman–Crippen MR) is 304 cm³/mol. The molecule has 4 atom stereocenters. The van der Waals surface area contributed by atoms with Crippen molar-refractivity contribution < 1.29 is 46.4 Å². The number of amides is 2. The number of carbonyl (C=O) groups is 2. The molecule has 0 spiro atoms. The minimum Gasteiger partial charge on any atom is -1.00 e. The topological polar surface area (TPSA) is 295 Å². The fourth-order valence-corrected chi connectivity index (χ4v) is 9.94. The molecule has 6 heterocycles. The summed E-state index contributed by atoms with van der Waals surface area (Å²) in [6, 6.07) is 21.5. The first-order valence-corrected chi connectivity index (χ1v) is 27.6. The summed E-state index contributed by atoms with van der Waals surface area (Å²) in [6.45, 7) is 10.0. The molecule has 24 nitrogen and oxygen atoms in total. The zero-order chi connectivity index (χ0) is 56.7. The number of anilines is 3. The molecular weight excluding hydrogens is 1070 g/mol. The lowest BCUT2D eigenvalue weighted by Gasteiger charge is -2.38. The van der Waals surface area contributed by atoms with Crippen LogP contribution in [0.4, 0.5) is 17.8 Å². The van der Waals surface area contributed by atoms with Crippen LogP contribution < -0.4 is 39.0 Å². The van der Waals surface area contributed by atoms with E-state index < -0.39 is 18.1 Å². The van der Waals surface area contributed by atoms with E-state index in [4.69, 9.17) is 47.1 Å². The summed E-state index contributed by atoms with van der Waals surface area (Å²) in [5, 5.41) is 41.9. The zero-order valence-electron chi connectivity index (χ0n) is 46.3. The van der Waals surface area contributed by atoms with Crippen LogP contribution in [0.3, 0.4) is 0 Å². The van der Waals surface area contributed by atoms with E-state index in [1.807, 2.05) is 51.1 Å². The number of phenols is 2. The van der Waals surface area contributed by atoms with Crippen LogP contribution in [0.1, 0.15) is 72.6 Å². The number of rotatable bonds is 27. The monoisotopic (exact) mass is 1140 g/mol. The Kier molecular flexibility index (Phi) is 21.4. The third kappa shape index (κ3) is 16.2. The highest BCUT2D eigenvalue weighted by atomic mass is 35.5. The number of nitrogens with one attached hydrogen (secondary N) is 2. The number of halogens is 1. The highest BCUT2D eigenvalue weighted by Crippen LogP contribution is 2.27. The van der Waals surface area contributed by atoms with Crippen LogP contribution in [0.5, 0.6) is 11.5 Å². The molecule has 3 aromatic carbocycles. The van der Waals surface area contributed by atoms with E-state index in [-0.39, 0.29) is 48.4 Å². The molecule has 2 amide bonds. The molecule has 0 aliphatic carbocycles. The van der Waals surface area contributed by atoms with Gasteiger partial charge in [-0.05, 0) is 71.7 Å². The number of carbonyl (C=O) groups excluding carboxylic acids is 2. The van der Waals surface area contributed by atoms with E-state index >= 15 is 0 Å². The molecule has 4 aromatic heterocycles. The maximum absolute atomic E-state index is 14.8. The molecule has 0 saturated carbocycles. The molecule has 7 aromatic rings. The molecule has 2 aliphatic rings. The van der Waals surface area contributed by atoms with Gasteiger partial charge in [0, 0.05) is 83.0 Å². The second-order valence-corrected chi connectivity index (χ2v) is 20.7. The molecule has 2 saturated heterocycles. The third-order valence-corrected chi connectivity index (χ3v) is 14.3. The van der Waals surface area contributed by atoms with Crippen molar-refractivity contribution in [2.45, 2.75) is 63.7 Å². The van der Waals surface area contributed by atoms with Crippen molar-refractivity contribution in [2.75, 3.05) is 114 Å². The number of benzene rings is 3. The van der Waals surface area contributed by atoms with Crippen LogP contribution >= 0.6 is 0 Å². The number of aromatic nitrogens is 10. The second-order valence-electron chi connectivity index (χ2n) is 20.7. The van der Waals surface area contributed by atoms with Gasteiger partial charge in [0.15, 0.2) is 0 Å². The number of nitrogens with two attached hydrogens (primary N) is 2. The van der Waals surface area contributed by atoms with Crippen LogP contribution in [0.2, 0.25) is 0 Å². The standard InChI is InChI=1S/C57H73N17O7.ClH/c1-4-26-79-28-30-81-31-29-80-27-17-60-55-62-56(71-22-18-69(19-23-71)53(77)51(34-41-11-15-45(76)16-12-41)73-37-49(65-67-73)46(58)32-39(2)3)64-57(63-55)72-24-20-70(21-25-72)54(78)52(36-43-35-42-7-5-6-8-48(42)61-43)74-38-50(66-68-74)47(59)33-40-9-13-44(75)14-10-40;/h1,5-16,35,37-39,46-47,51-52,61,75-76H,17-34,36,58-59H2,2-3H3,(H,60,62,63,64);1H/p-1. The highest BCUT2D eigenvalue weighted by molar-refractivity contribution is 5.83. The Bertz CT molecular complexity index is 3140. The molecule has 0 bridgehead atoms. The average molecular weight is 1140 g/mol. The largest absolute Gasteiger partial charge is 1.00 e. The summed E-state index contributed by atoms with van der Waals surface area (Å²) in [5.74, 6) is 4.10. The maximum Gasteiger partial charge on any atom is 0.248 e. The number of terminal acetylenes is 1. The van der Waals surface area contributed by atoms with Crippen molar-refractivity contribution in [1.82, 2.24) is 59.7 Å². The van der Waals surface area contributed by atoms with Gasteiger partial charge in [0.05, 0.1) is 68.9 Å². The Balaban J connectivity index is 0.00000880. The lowest BCUT2D eigenvalue weighted by molar-refractivity contribution is -0.136.